The molecule has 3 N–H and O–H groups in total. The fourth-order valence-corrected chi connectivity index (χ4v) is 2.47. The summed E-state index contributed by atoms with van der Waals surface area (Å²) in [5, 5.41) is 0. The van der Waals surface area contributed by atoms with Gasteiger partial charge >= 0.3 is 0 Å². The molecule has 1 atom stereocenters. The van der Waals surface area contributed by atoms with Crippen molar-refractivity contribution in [1.29, 1.82) is 0 Å². The third-order valence-electron chi connectivity index (χ3n) is 2.58. The lowest BCUT2D eigenvalue weighted by Gasteiger charge is -2.29. The molecule has 0 aromatic heterocycles. The van der Waals surface area contributed by atoms with Crippen molar-refractivity contribution in [3.8, 4) is 0 Å². The molecule has 4 nitrogen and oxygen atoms in total. The zero-order valence-corrected chi connectivity index (χ0v) is 10.4. The molecule has 0 fully saturated rings. The Bertz CT molecular complexity index is 431. The Balaban J connectivity index is 3.04. The Labute approximate surface area is 96.9 Å². The third-order valence-corrected chi connectivity index (χ3v) is 4.10. The molecule has 0 radical (unpaired) electrons. The lowest BCUT2D eigenvalue weighted by atomic mass is 9.94. The molecule has 1 aromatic rings. The van der Waals surface area contributed by atoms with Gasteiger partial charge in [0.15, 0.2) is 0 Å². The number of hydrogen-bond acceptors (Lipinski definition) is 3. The maximum Gasteiger partial charge on any atom is 0.212 e. The first-order chi connectivity index (χ1) is 7.43. The van der Waals surface area contributed by atoms with Crippen LogP contribution in [0.5, 0.6) is 0 Å². The molecule has 0 heterocycles. The van der Waals surface area contributed by atoms with Gasteiger partial charge in [0, 0.05) is 6.54 Å². The second kappa shape index (κ2) is 4.95. The van der Waals surface area contributed by atoms with Crippen molar-refractivity contribution in [2.45, 2.75) is 19.4 Å². The molecule has 1 aromatic carbocycles. The maximum atomic E-state index is 11.6. The fourth-order valence-electron chi connectivity index (χ4n) is 1.44. The minimum Gasteiger partial charge on any atom is -0.328 e. The molecule has 90 valence electrons. The molecule has 0 spiro atoms. The lowest BCUT2D eigenvalue weighted by Crippen LogP contribution is -2.49. The first kappa shape index (κ1) is 13.2. The van der Waals surface area contributed by atoms with Crippen LogP contribution in [0.25, 0.3) is 0 Å². The SMILES string of the molecule is CCS(=O)(=O)NC(C)(CN)c1ccccc1. The minimum atomic E-state index is -3.27. The molecular formula is C11H18N2O2S. The van der Waals surface area contributed by atoms with Gasteiger partial charge in [0.1, 0.15) is 0 Å². The summed E-state index contributed by atoms with van der Waals surface area (Å²) in [7, 11) is -3.27. The van der Waals surface area contributed by atoms with Crippen LogP contribution in [0.3, 0.4) is 0 Å². The Kier molecular flexibility index (Phi) is 4.07. The first-order valence-electron chi connectivity index (χ1n) is 5.21. The first-order valence-corrected chi connectivity index (χ1v) is 6.86. The summed E-state index contributed by atoms with van der Waals surface area (Å²) in [5.74, 6) is 0.0510. The number of hydrogen-bond donors (Lipinski definition) is 2. The summed E-state index contributed by atoms with van der Waals surface area (Å²) in [6, 6.07) is 9.35. The standard InChI is InChI=1S/C11H18N2O2S/c1-3-16(14,15)13-11(2,9-12)10-7-5-4-6-8-10/h4-8,13H,3,9,12H2,1-2H3. The normalized spacial score (nSPS) is 15.7. The monoisotopic (exact) mass is 242 g/mol. The van der Waals surface area contributed by atoms with Gasteiger partial charge in [0.25, 0.3) is 0 Å². The molecule has 1 rings (SSSR count). The van der Waals surface area contributed by atoms with E-state index < -0.39 is 15.6 Å². The average Bonchev–Trinajstić information content (AvgIpc) is 2.29. The summed E-state index contributed by atoms with van der Waals surface area (Å²) in [6.07, 6.45) is 0. The van der Waals surface area contributed by atoms with E-state index in [0.29, 0.717) is 0 Å². The molecule has 0 bridgehead atoms. The molecule has 5 heteroatoms. The van der Waals surface area contributed by atoms with E-state index in [4.69, 9.17) is 5.73 Å². The molecule has 0 aliphatic carbocycles. The van der Waals surface area contributed by atoms with Crippen LogP contribution in [0, 0.1) is 0 Å². The van der Waals surface area contributed by atoms with Crippen molar-refractivity contribution in [3.63, 3.8) is 0 Å². The smallest absolute Gasteiger partial charge is 0.212 e. The van der Waals surface area contributed by atoms with Crippen LogP contribution in [-0.2, 0) is 15.6 Å². The summed E-state index contributed by atoms with van der Waals surface area (Å²) < 4.78 is 25.8. The maximum absolute atomic E-state index is 11.6. The number of benzene rings is 1. The highest BCUT2D eigenvalue weighted by Gasteiger charge is 2.29. The summed E-state index contributed by atoms with van der Waals surface area (Å²) in [6.45, 7) is 3.61. The molecule has 0 saturated carbocycles. The van der Waals surface area contributed by atoms with Crippen LogP contribution >= 0.6 is 0 Å². The molecular weight excluding hydrogens is 224 g/mol. The predicted molar refractivity (Wildman–Crippen MR) is 65.4 cm³/mol. The Morgan fingerprint density at radius 1 is 1.31 bits per heavy atom. The lowest BCUT2D eigenvalue weighted by molar-refractivity contribution is 0.442. The quantitative estimate of drug-likeness (QED) is 0.802. The van der Waals surface area contributed by atoms with E-state index >= 15 is 0 Å². The van der Waals surface area contributed by atoms with Gasteiger partial charge in [-0.1, -0.05) is 30.3 Å². The molecule has 0 aliphatic rings. The molecule has 1 unspecified atom stereocenters. The second-order valence-electron chi connectivity index (χ2n) is 3.91. The van der Waals surface area contributed by atoms with Crippen LogP contribution in [-0.4, -0.2) is 20.7 Å². The van der Waals surface area contributed by atoms with Gasteiger partial charge in [0.2, 0.25) is 10.0 Å². The van der Waals surface area contributed by atoms with Gasteiger partial charge in [-0.15, -0.1) is 0 Å². The van der Waals surface area contributed by atoms with Crippen LogP contribution in [0.15, 0.2) is 30.3 Å². The van der Waals surface area contributed by atoms with Crippen molar-refractivity contribution in [2.24, 2.45) is 5.73 Å². The molecule has 16 heavy (non-hydrogen) atoms. The zero-order valence-electron chi connectivity index (χ0n) is 9.60. The van der Waals surface area contributed by atoms with Crippen LogP contribution in [0.4, 0.5) is 0 Å². The molecule has 0 amide bonds. The van der Waals surface area contributed by atoms with Gasteiger partial charge in [-0.25, -0.2) is 13.1 Å². The van der Waals surface area contributed by atoms with Gasteiger partial charge in [-0.2, -0.15) is 0 Å². The number of rotatable bonds is 5. The second-order valence-corrected chi connectivity index (χ2v) is 5.92. The number of nitrogens with two attached hydrogens (primary N) is 1. The Morgan fingerprint density at radius 3 is 2.31 bits per heavy atom. The van der Waals surface area contributed by atoms with Gasteiger partial charge in [-0.3, -0.25) is 0 Å². The van der Waals surface area contributed by atoms with Gasteiger partial charge < -0.3 is 5.73 Å². The Morgan fingerprint density at radius 2 is 1.88 bits per heavy atom. The highest BCUT2D eigenvalue weighted by atomic mass is 32.2. The third kappa shape index (κ3) is 3.04. The predicted octanol–water partition coefficient (Wildman–Crippen LogP) is 0.800. The Hall–Kier alpha value is -0.910. The summed E-state index contributed by atoms with van der Waals surface area (Å²) in [5.41, 5.74) is 5.80. The van der Waals surface area contributed by atoms with Crippen molar-refractivity contribution in [2.75, 3.05) is 12.3 Å². The van der Waals surface area contributed by atoms with E-state index in [9.17, 15) is 8.42 Å². The summed E-state index contributed by atoms with van der Waals surface area (Å²) in [4.78, 5) is 0. The zero-order chi connectivity index (χ0) is 12.2. The summed E-state index contributed by atoms with van der Waals surface area (Å²) >= 11 is 0. The van der Waals surface area contributed by atoms with E-state index in [1.54, 1.807) is 13.8 Å². The van der Waals surface area contributed by atoms with E-state index in [0.717, 1.165) is 5.56 Å². The fraction of sp³-hybridized carbons (Fsp3) is 0.455. The molecule has 0 saturated heterocycles. The van der Waals surface area contributed by atoms with Gasteiger partial charge in [0.05, 0.1) is 11.3 Å². The highest BCUT2D eigenvalue weighted by Crippen LogP contribution is 2.20. The highest BCUT2D eigenvalue weighted by molar-refractivity contribution is 7.89. The van der Waals surface area contributed by atoms with Crippen LogP contribution in [0.2, 0.25) is 0 Å². The van der Waals surface area contributed by atoms with E-state index in [2.05, 4.69) is 4.72 Å². The number of nitrogens with one attached hydrogen (secondary N) is 1. The van der Waals surface area contributed by atoms with E-state index in [1.165, 1.54) is 0 Å². The van der Waals surface area contributed by atoms with Crippen molar-refractivity contribution < 1.29 is 8.42 Å². The van der Waals surface area contributed by atoms with E-state index in [-0.39, 0.29) is 12.3 Å². The topological polar surface area (TPSA) is 72.2 Å². The van der Waals surface area contributed by atoms with Crippen molar-refractivity contribution in [1.82, 2.24) is 4.72 Å². The average molecular weight is 242 g/mol. The van der Waals surface area contributed by atoms with Crippen molar-refractivity contribution >= 4 is 10.0 Å². The van der Waals surface area contributed by atoms with E-state index in [1.807, 2.05) is 30.3 Å². The largest absolute Gasteiger partial charge is 0.328 e. The number of sulfonamides is 1. The minimum absolute atomic E-state index is 0.0510. The molecule has 0 aliphatic heterocycles. The van der Waals surface area contributed by atoms with Crippen molar-refractivity contribution in [3.05, 3.63) is 35.9 Å². The van der Waals surface area contributed by atoms with Crippen LogP contribution in [0.1, 0.15) is 19.4 Å². The van der Waals surface area contributed by atoms with Gasteiger partial charge in [-0.05, 0) is 19.4 Å². The van der Waals surface area contributed by atoms with Crippen LogP contribution < -0.4 is 10.5 Å².